The van der Waals surface area contributed by atoms with E-state index in [0.717, 1.165) is 5.56 Å². The Bertz CT molecular complexity index is 1080. The third-order valence-corrected chi connectivity index (χ3v) is 8.07. The van der Waals surface area contributed by atoms with Crippen LogP contribution in [0, 0.1) is 22.0 Å². The summed E-state index contributed by atoms with van der Waals surface area (Å²) in [6.07, 6.45) is -0.646. The van der Waals surface area contributed by atoms with Crippen molar-refractivity contribution in [3.8, 4) is 0 Å². The molecule has 1 amide bonds. The Morgan fingerprint density at radius 2 is 1.78 bits per heavy atom. The van der Waals surface area contributed by atoms with E-state index in [0.29, 0.717) is 5.56 Å². The van der Waals surface area contributed by atoms with Crippen LogP contribution in [-0.2, 0) is 14.3 Å². The second-order valence-corrected chi connectivity index (χ2v) is 10.8. The predicted octanol–water partition coefficient (Wildman–Crippen LogP) is 5.04. The summed E-state index contributed by atoms with van der Waals surface area (Å²) in [4.78, 5) is 26.8. The number of benzene rings is 2. The first-order valence-corrected chi connectivity index (χ1v) is 11.7. The molecule has 5 atom stereocenters. The van der Waals surface area contributed by atoms with Gasteiger partial charge in [0.25, 0.3) is 5.69 Å². The van der Waals surface area contributed by atoms with Crippen molar-refractivity contribution >= 4 is 23.4 Å². The quantitative estimate of drug-likeness (QED) is 0.475. The highest BCUT2D eigenvalue weighted by Gasteiger charge is 2.71. The van der Waals surface area contributed by atoms with Gasteiger partial charge in [0.1, 0.15) is 6.10 Å². The van der Waals surface area contributed by atoms with Gasteiger partial charge in [0.2, 0.25) is 5.91 Å². The van der Waals surface area contributed by atoms with Gasteiger partial charge >= 0.3 is 5.24 Å². The molecule has 0 N–H and O–H groups in total. The van der Waals surface area contributed by atoms with Gasteiger partial charge in [-0.3, -0.25) is 19.8 Å². The third kappa shape index (κ3) is 3.08. The van der Waals surface area contributed by atoms with Crippen molar-refractivity contribution in [2.75, 3.05) is 0 Å². The van der Waals surface area contributed by atoms with Crippen LogP contribution in [0.15, 0.2) is 54.6 Å². The second kappa shape index (κ2) is 7.30. The normalized spacial score (nSPS) is 32.9. The highest BCUT2D eigenvalue weighted by Crippen LogP contribution is 2.66. The Morgan fingerprint density at radius 1 is 1.09 bits per heavy atom. The lowest BCUT2D eigenvalue weighted by Crippen LogP contribution is -2.65. The maximum absolute atomic E-state index is 14.1. The van der Waals surface area contributed by atoms with E-state index in [9.17, 15) is 14.9 Å². The van der Waals surface area contributed by atoms with E-state index < -0.39 is 27.8 Å². The molecular formula is C24H26N2O5S. The molecule has 6 rings (SSSR count). The van der Waals surface area contributed by atoms with Crippen LogP contribution in [-0.4, -0.2) is 32.6 Å². The van der Waals surface area contributed by atoms with Crippen LogP contribution in [0.25, 0.3) is 0 Å². The van der Waals surface area contributed by atoms with Crippen LogP contribution in [0.4, 0.5) is 5.69 Å². The van der Waals surface area contributed by atoms with E-state index in [2.05, 4.69) is 13.8 Å². The van der Waals surface area contributed by atoms with Gasteiger partial charge in [-0.25, -0.2) is 0 Å². The standard InChI is InChI=1S/C24H26N2O5S/c1-14(2)21-23(3,4)31-24-25(21)22(27)18(20(32-24)15-9-6-5-7-10-15)19(30-24)16-11-8-12-17(13-16)26(28)29/h5-14,18-21H,1-4H3/t18-,19+,20+,21-,24-/m1/s1. The Labute approximate surface area is 191 Å². The topological polar surface area (TPSA) is 81.9 Å². The molecule has 4 aliphatic heterocycles. The van der Waals surface area contributed by atoms with Crippen LogP contribution in [0.2, 0.25) is 0 Å². The number of rotatable bonds is 4. The Hall–Kier alpha value is -2.42. The van der Waals surface area contributed by atoms with Crippen molar-refractivity contribution in [2.24, 2.45) is 11.8 Å². The average Bonchev–Trinajstić information content (AvgIpc) is 3.00. The van der Waals surface area contributed by atoms with Crippen LogP contribution in [0.1, 0.15) is 50.2 Å². The summed E-state index contributed by atoms with van der Waals surface area (Å²) in [5.41, 5.74) is 1.01. The molecule has 7 nitrogen and oxygen atoms in total. The number of carbonyl (C=O) groups excluding carboxylic acids is 1. The van der Waals surface area contributed by atoms with Crippen LogP contribution < -0.4 is 0 Å². The van der Waals surface area contributed by atoms with Crippen LogP contribution in [0.5, 0.6) is 0 Å². The molecular weight excluding hydrogens is 428 g/mol. The van der Waals surface area contributed by atoms with Crippen molar-refractivity contribution in [1.82, 2.24) is 4.90 Å². The first-order chi connectivity index (χ1) is 15.1. The average molecular weight is 455 g/mol. The monoisotopic (exact) mass is 454 g/mol. The fraction of sp³-hybridized carbons (Fsp3) is 0.458. The van der Waals surface area contributed by atoms with Gasteiger partial charge < -0.3 is 9.47 Å². The van der Waals surface area contributed by atoms with Crippen molar-refractivity contribution in [1.29, 1.82) is 0 Å². The largest absolute Gasteiger partial charge is 0.316 e. The van der Waals surface area contributed by atoms with Gasteiger partial charge in [0, 0.05) is 12.1 Å². The highest BCUT2D eigenvalue weighted by atomic mass is 32.2. The number of non-ortho nitro benzene ring substituents is 1. The number of nitrogens with zero attached hydrogens (tertiary/aromatic N) is 2. The molecule has 0 unspecified atom stereocenters. The van der Waals surface area contributed by atoms with Crippen LogP contribution in [0.3, 0.4) is 0 Å². The summed E-state index contributed by atoms with van der Waals surface area (Å²) in [6, 6.07) is 16.1. The number of hydrogen-bond donors (Lipinski definition) is 0. The molecule has 4 fully saturated rings. The maximum atomic E-state index is 14.1. The number of nitro benzene ring substituents is 1. The molecule has 0 aliphatic carbocycles. The van der Waals surface area contributed by atoms with E-state index >= 15 is 0 Å². The lowest BCUT2D eigenvalue weighted by atomic mass is 9.83. The number of nitro groups is 1. The van der Waals surface area contributed by atoms with Gasteiger partial charge in [0.15, 0.2) is 0 Å². The number of hydrogen-bond acceptors (Lipinski definition) is 6. The summed E-state index contributed by atoms with van der Waals surface area (Å²) in [6.45, 7) is 8.16. The number of fused-ring (bicyclic) bond motifs is 2. The Morgan fingerprint density at radius 3 is 2.44 bits per heavy atom. The minimum absolute atomic E-state index is 0.0222. The molecule has 4 aliphatic rings. The Kier molecular flexibility index (Phi) is 4.89. The summed E-state index contributed by atoms with van der Waals surface area (Å²) in [7, 11) is 0. The SMILES string of the molecule is CC(C)[C@H]1N2C(=O)[C@@H]3[C@H](c4cccc([N+](=O)[O-])c4)O[C@]2(OC1(C)C)S[C@H]3c1ccccc1. The van der Waals surface area contributed by atoms with Crippen molar-refractivity contribution in [3.05, 3.63) is 75.8 Å². The van der Waals surface area contributed by atoms with E-state index in [1.807, 2.05) is 44.2 Å². The van der Waals surface area contributed by atoms with E-state index in [1.165, 1.54) is 23.9 Å². The van der Waals surface area contributed by atoms with E-state index in [4.69, 9.17) is 9.47 Å². The molecule has 2 aromatic carbocycles. The minimum atomic E-state index is -1.28. The molecule has 0 radical (unpaired) electrons. The highest BCUT2D eigenvalue weighted by molar-refractivity contribution is 8.00. The zero-order chi connectivity index (χ0) is 22.8. The molecule has 2 aromatic rings. The number of carbonyl (C=O) groups is 1. The predicted molar refractivity (Wildman–Crippen MR) is 121 cm³/mol. The number of ether oxygens (including phenoxy) is 2. The summed E-state index contributed by atoms with van der Waals surface area (Å²) < 4.78 is 13.1. The van der Waals surface area contributed by atoms with Gasteiger partial charge in [0.05, 0.1) is 27.7 Å². The number of thioether (sulfide) groups is 1. The van der Waals surface area contributed by atoms with Gasteiger partial charge in [-0.1, -0.05) is 68.1 Å². The fourth-order valence-electron chi connectivity index (χ4n) is 5.54. The minimum Gasteiger partial charge on any atom is -0.316 e. The first kappa shape index (κ1) is 21.4. The zero-order valence-corrected chi connectivity index (χ0v) is 19.2. The molecule has 1 spiro atoms. The molecule has 8 heteroatoms. The zero-order valence-electron chi connectivity index (χ0n) is 18.4. The van der Waals surface area contributed by atoms with Crippen LogP contribution >= 0.6 is 11.8 Å². The molecule has 0 saturated carbocycles. The smallest absolute Gasteiger partial charge is 0.309 e. The first-order valence-electron chi connectivity index (χ1n) is 10.8. The molecule has 168 valence electrons. The third-order valence-electron chi connectivity index (χ3n) is 6.57. The lowest BCUT2D eigenvalue weighted by Gasteiger charge is -2.55. The number of amides is 1. The van der Waals surface area contributed by atoms with Crippen molar-refractivity contribution in [2.45, 2.75) is 55.9 Å². The fourth-order valence-corrected chi connectivity index (χ4v) is 7.30. The van der Waals surface area contributed by atoms with Gasteiger partial charge in [-0.2, -0.15) is 0 Å². The Balaban J connectivity index is 1.66. The molecule has 2 bridgehead atoms. The molecule has 4 heterocycles. The van der Waals surface area contributed by atoms with Gasteiger partial charge in [-0.15, -0.1) is 0 Å². The van der Waals surface area contributed by atoms with E-state index in [-0.39, 0.29) is 28.8 Å². The molecule has 0 aromatic heterocycles. The van der Waals surface area contributed by atoms with Gasteiger partial charge in [-0.05, 0) is 30.9 Å². The van der Waals surface area contributed by atoms with Crippen molar-refractivity contribution < 1.29 is 19.2 Å². The van der Waals surface area contributed by atoms with Crippen molar-refractivity contribution in [3.63, 3.8) is 0 Å². The lowest BCUT2D eigenvalue weighted by molar-refractivity contribution is -0.385. The van der Waals surface area contributed by atoms with E-state index in [1.54, 1.807) is 17.0 Å². The summed E-state index contributed by atoms with van der Waals surface area (Å²) in [5.74, 6) is -0.377. The summed E-state index contributed by atoms with van der Waals surface area (Å²) in [5, 5.41) is 9.92. The maximum Gasteiger partial charge on any atom is 0.309 e. The second-order valence-electron chi connectivity index (χ2n) is 9.49. The summed E-state index contributed by atoms with van der Waals surface area (Å²) >= 11 is 1.52. The molecule has 4 saturated heterocycles. The molecule has 32 heavy (non-hydrogen) atoms.